The number of amides is 1. The van der Waals surface area contributed by atoms with Crippen molar-refractivity contribution in [1.29, 1.82) is 0 Å². The smallest absolute Gasteiger partial charge is 0.254 e. The number of nitrogens with zero attached hydrogens (tertiary/aromatic N) is 2. The highest BCUT2D eigenvalue weighted by Gasteiger charge is 2.30. The second-order valence-corrected chi connectivity index (χ2v) is 6.62. The van der Waals surface area contributed by atoms with Crippen LogP contribution in [0, 0.1) is 11.7 Å². The van der Waals surface area contributed by atoms with E-state index in [1.54, 1.807) is 24.3 Å². The Morgan fingerprint density at radius 3 is 2.75 bits per heavy atom. The maximum Gasteiger partial charge on any atom is 0.254 e. The number of pyridine rings is 1. The van der Waals surface area contributed by atoms with Gasteiger partial charge in [0.15, 0.2) is 0 Å². The number of hydrogen-bond acceptors (Lipinski definition) is 6. The second kappa shape index (κ2) is 7.77. The molecule has 2 aromatic heterocycles. The van der Waals surface area contributed by atoms with Gasteiger partial charge in [-0.1, -0.05) is 5.16 Å². The maximum atomic E-state index is 13.1. The number of carbonyl (C=O) groups excluding carboxylic acids is 1. The lowest BCUT2D eigenvalue weighted by Crippen LogP contribution is -2.36. The van der Waals surface area contributed by atoms with E-state index >= 15 is 0 Å². The molecule has 0 saturated heterocycles. The van der Waals surface area contributed by atoms with Gasteiger partial charge in [0.05, 0.1) is 11.1 Å². The van der Waals surface area contributed by atoms with Crippen molar-refractivity contribution < 1.29 is 23.6 Å². The van der Waals surface area contributed by atoms with Gasteiger partial charge in [-0.2, -0.15) is 0 Å². The van der Waals surface area contributed by atoms with Crippen LogP contribution in [0.25, 0.3) is 11.3 Å². The number of aliphatic hydroxyl groups excluding tert-OH is 1. The lowest BCUT2D eigenvalue weighted by Gasteiger charge is -2.11. The van der Waals surface area contributed by atoms with Crippen molar-refractivity contribution in [3.63, 3.8) is 0 Å². The van der Waals surface area contributed by atoms with E-state index in [1.807, 2.05) is 0 Å². The van der Waals surface area contributed by atoms with Crippen LogP contribution in [0.2, 0.25) is 0 Å². The number of benzene rings is 1. The van der Waals surface area contributed by atoms with Gasteiger partial charge >= 0.3 is 0 Å². The third kappa shape index (κ3) is 4.17. The first kappa shape index (κ1) is 18.1. The van der Waals surface area contributed by atoms with Crippen molar-refractivity contribution >= 4 is 5.91 Å². The first-order valence-electron chi connectivity index (χ1n) is 8.87. The first-order valence-corrected chi connectivity index (χ1v) is 8.87. The summed E-state index contributed by atoms with van der Waals surface area (Å²) in [5, 5.41) is 16.3. The van der Waals surface area contributed by atoms with Gasteiger partial charge in [0.25, 0.3) is 5.91 Å². The normalized spacial score (nSPS) is 14.5. The third-order valence-corrected chi connectivity index (χ3v) is 4.48. The Labute approximate surface area is 160 Å². The molecule has 1 saturated carbocycles. The SMILES string of the molecule is O=C(NC(O)C1CC1)c1ccc(OCc2conc2-c2ccc(F)cc2)nc1. The molecule has 2 heterocycles. The summed E-state index contributed by atoms with van der Waals surface area (Å²) in [6.07, 6.45) is 3.88. The zero-order valence-electron chi connectivity index (χ0n) is 14.8. The molecule has 144 valence electrons. The summed E-state index contributed by atoms with van der Waals surface area (Å²) < 4.78 is 23.7. The third-order valence-electron chi connectivity index (χ3n) is 4.48. The molecule has 1 aliphatic rings. The molecule has 8 heteroatoms. The number of rotatable bonds is 7. The number of hydrogen-bond donors (Lipinski definition) is 2. The molecule has 4 rings (SSSR count). The predicted octanol–water partition coefficient (Wildman–Crippen LogP) is 2.91. The van der Waals surface area contributed by atoms with Crippen LogP contribution in [0.4, 0.5) is 4.39 Å². The summed E-state index contributed by atoms with van der Waals surface area (Å²) in [5.74, 6) is -0.233. The first-order chi connectivity index (χ1) is 13.6. The molecule has 1 amide bonds. The highest BCUT2D eigenvalue weighted by atomic mass is 19.1. The van der Waals surface area contributed by atoms with Crippen molar-refractivity contribution in [2.75, 3.05) is 0 Å². The predicted molar refractivity (Wildman–Crippen MR) is 96.7 cm³/mol. The van der Waals surface area contributed by atoms with Crippen molar-refractivity contribution in [2.45, 2.75) is 25.7 Å². The molecule has 1 atom stereocenters. The molecule has 0 spiro atoms. The molecule has 7 nitrogen and oxygen atoms in total. The molecule has 3 aromatic rings. The van der Waals surface area contributed by atoms with Crippen LogP contribution in [-0.4, -0.2) is 27.4 Å². The highest BCUT2D eigenvalue weighted by molar-refractivity contribution is 5.94. The lowest BCUT2D eigenvalue weighted by atomic mass is 10.1. The van der Waals surface area contributed by atoms with Gasteiger partial charge < -0.3 is 19.7 Å². The van der Waals surface area contributed by atoms with E-state index in [0.29, 0.717) is 28.3 Å². The standard InChI is InChI=1S/C20H18FN3O4/c21-16-6-3-12(4-7-16)18-15(11-28-24-18)10-27-17-8-5-14(9-22-17)20(26)23-19(25)13-1-2-13/h3-9,11,13,19,25H,1-2,10H2,(H,23,26). The maximum absolute atomic E-state index is 13.1. The molecule has 2 N–H and O–H groups in total. The fourth-order valence-corrected chi connectivity index (χ4v) is 2.70. The average Bonchev–Trinajstić information content (AvgIpc) is 3.46. The minimum atomic E-state index is -0.818. The van der Waals surface area contributed by atoms with Gasteiger partial charge in [0.1, 0.15) is 30.6 Å². The van der Waals surface area contributed by atoms with Crippen LogP contribution in [0.5, 0.6) is 5.88 Å². The van der Waals surface area contributed by atoms with Crippen LogP contribution in [0.15, 0.2) is 53.4 Å². The number of ether oxygens (including phenoxy) is 1. The van der Waals surface area contributed by atoms with Crippen LogP contribution in [0.1, 0.15) is 28.8 Å². The summed E-state index contributed by atoms with van der Waals surface area (Å²) in [6, 6.07) is 9.06. The number of carbonyl (C=O) groups is 1. The largest absolute Gasteiger partial charge is 0.473 e. The molecular formula is C20H18FN3O4. The minimum absolute atomic E-state index is 0.148. The summed E-state index contributed by atoms with van der Waals surface area (Å²) in [6.45, 7) is 0.148. The molecule has 1 unspecified atom stereocenters. The number of halogens is 1. The van der Waals surface area contributed by atoms with Crippen molar-refractivity contribution in [3.05, 3.63) is 65.8 Å². The highest BCUT2D eigenvalue weighted by Crippen LogP contribution is 2.31. The summed E-state index contributed by atoms with van der Waals surface area (Å²) in [7, 11) is 0. The number of aromatic nitrogens is 2. The molecule has 28 heavy (non-hydrogen) atoms. The van der Waals surface area contributed by atoms with E-state index in [9.17, 15) is 14.3 Å². The van der Waals surface area contributed by atoms with E-state index in [0.717, 1.165) is 12.8 Å². The van der Waals surface area contributed by atoms with Crippen LogP contribution < -0.4 is 10.1 Å². The zero-order chi connectivity index (χ0) is 19.5. The Kier molecular flexibility index (Phi) is 5.03. The Morgan fingerprint density at radius 1 is 1.29 bits per heavy atom. The Hall–Kier alpha value is -3.26. The second-order valence-electron chi connectivity index (χ2n) is 6.62. The molecule has 1 aliphatic carbocycles. The fraction of sp³-hybridized carbons (Fsp3) is 0.250. The van der Waals surface area contributed by atoms with Gasteiger partial charge in [-0.25, -0.2) is 9.37 Å². The van der Waals surface area contributed by atoms with Gasteiger partial charge in [-0.05, 0) is 43.2 Å². The molecule has 1 fully saturated rings. The number of nitrogens with one attached hydrogen (secondary N) is 1. The van der Waals surface area contributed by atoms with Crippen molar-refractivity contribution in [2.24, 2.45) is 5.92 Å². The van der Waals surface area contributed by atoms with Gasteiger partial charge in [0.2, 0.25) is 5.88 Å². The Bertz CT molecular complexity index is 952. The van der Waals surface area contributed by atoms with E-state index < -0.39 is 6.23 Å². The summed E-state index contributed by atoms with van der Waals surface area (Å²) in [4.78, 5) is 16.2. The monoisotopic (exact) mass is 383 g/mol. The Morgan fingerprint density at radius 2 is 2.07 bits per heavy atom. The summed E-state index contributed by atoms with van der Waals surface area (Å²) >= 11 is 0. The minimum Gasteiger partial charge on any atom is -0.473 e. The molecular weight excluding hydrogens is 365 g/mol. The lowest BCUT2D eigenvalue weighted by molar-refractivity contribution is 0.0729. The van der Waals surface area contributed by atoms with E-state index in [4.69, 9.17) is 9.26 Å². The van der Waals surface area contributed by atoms with Crippen LogP contribution >= 0.6 is 0 Å². The zero-order valence-corrected chi connectivity index (χ0v) is 14.8. The van der Waals surface area contributed by atoms with Gasteiger partial charge in [-0.15, -0.1) is 0 Å². The summed E-state index contributed by atoms with van der Waals surface area (Å²) in [5.41, 5.74) is 2.29. The van der Waals surface area contributed by atoms with Gasteiger partial charge in [0, 0.05) is 23.7 Å². The molecule has 0 radical (unpaired) electrons. The fourth-order valence-electron chi connectivity index (χ4n) is 2.70. The average molecular weight is 383 g/mol. The van der Waals surface area contributed by atoms with E-state index in [-0.39, 0.29) is 24.2 Å². The Balaban J connectivity index is 1.37. The molecule has 0 bridgehead atoms. The van der Waals surface area contributed by atoms with E-state index in [1.165, 1.54) is 24.6 Å². The van der Waals surface area contributed by atoms with Crippen molar-refractivity contribution in [1.82, 2.24) is 15.5 Å². The van der Waals surface area contributed by atoms with Crippen LogP contribution in [-0.2, 0) is 6.61 Å². The molecule has 1 aromatic carbocycles. The van der Waals surface area contributed by atoms with Crippen LogP contribution in [0.3, 0.4) is 0 Å². The molecule has 0 aliphatic heterocycles. The van der Waals surface area contributed by atoms with Crippen molar-refractivity contribution in [3.8, 4) is 17.1 Å². The van der Waals surface area contributed by atoms with Gasteiger partial charge in [-0.3, -0.25) is 4.79 Å². The quantitative estimate of drug-likeness (QED) is 0.609. The topological polar surface area (TPSA) is 97.5 Å². The van der Waals surface area contributed by atoms with E-state index in [2.05, 4.69) is 15.5 Å². The number of aliphatic hydroxyl groups is 1.